The van der Waals surface area contributed by atoms with Gasteiger partial charge in [-0.05, 0) is 30.4 Å². The number of diazo groups is 1. The second-order valence-corrected chi connectivity index (χ2v) is 4.39. The van der Waals surface area contributed by atoms with Crippen molar-refractivity contribution in [3.8, 4) is 0 Å². The third-order valence-corrected chi connectivity index (χ3v) is 3.58. The molecule has 0 spiro atoms. The summed E-state index contributed by atoms with van der Waals surface area (Å²) in [4.78, 5) is 2.92. The predicted molar refractivity (Wildman–Crippen MR) is 62.4 cm³/mol. The van der Waals surface area contributed by atoms with Gasteiger partial charge in [-0.3, -0.25) is 0 Å². The smallest absolute Gasteiger partial charge is 0.387 e. The van der Waals surface area contributed by atoms with Crippen LogP contribution in [0.3, 0.4) is 0 Å². The molecular weight excluding hydrogens is 200 g/mol. The van der Waals surface area contributed by atoms with Crippen molar-refractivity contribution in [2.45, 2.75) is 26.2 Å². The fourth-order valence-corrected chi connectivity index (χ4v) is 2.50. The first-order valence-electron chi connectivity index (χ1n) is 5.52. The van der Waals surface area contributed by atoms with Gasteiger partial charge in [0.25, 0.3) is 0 Å². The van der Waals surface area contributed by atoms with Gasteiger partial charge in [-0.15, -0.1) is 0 Å². The number of hydrogen-bond donors (Lipinski definition) is 1. The van der Waals surface area contributed by atoms with Crippen molar-refractivity contribution in [2.75, 3.05) is 0 Å². The molecule has 1 aromatic rings. The zero-order chi connectivity index (χ0) is 11.6. The van der Waals surface area contributed by atoms with Crippen LogP contribution in [0.1, 0.15) is 24.5 Å². The Morgan fingerprint density at radius 2 is 2.00 bits per heavy atom. The van der Waals surface area contributed by atoms with E-state index in [1.165, 1.54) is 11.1 Å². The molecule has 0 bridgehead atoms. The standard InChI is InChI=1S/C13H14N2O/c1-2-13(12(16)9-15-14)7-10-5-3-4-6-11(10)8-13/h3-6,9H,2,7-8H2,1H3/p+1/b12-9-. The quantitative estimate of drug-likeness (QED) is 0.607. The molecule has 0 fully saturated rings. The van der Waals surface area contributed by atoms with Crippen LogP contribution in [-0.4, -0.2) is 5.11 Å². The van der Waals surface area contributed by atoms with E-state index in [4.69, 9.17) is 5.39 Å². The predicted octanol–water partition coefficient (Wildman–Crippen LogP) is 3.43. The van der Waals surface area contributed by atoms with Gasteiger partial charge in [0, 0.05) is 5.41 Å². The summed E-state index contributed by atoms with van der Waals surface area (Å²) in [6.45, 7) is 2.05. The van der Waals surface area contributed by atoms with E-state index in [0.29, 0.717) is 0 Å². The zero-order valence-electron chi connectivity index (χ0n) is 9.35. The average molecular weight is 215 g/mol. The fourth-order valence-electron chi connectivity index (χ4n) is 2.50. The first kappa shape index (κ1) is 10.7. The molecule has 0 radical (unpaired) electrons. The van der Waals surface area contributed by atoms with Crippen LogP contribution in [-0.2, 0) is 12.8 Å². The number of allylic oxidation sites excluding steroid dienone is 1. The number of fused-ring (bicyclic) bond motifs is 1. The molecule has 0 heterocycles. The minimum Gasteiger partial charge on any atom is -0.505 e. The van der Waals surface area contributed by atoms with Crippen molar-refractivity contribution in [3.05, 3.63) is 52.3 Å². The molecule has 0 saturated carbocycles. The monoisotopic (exact) mass is 215 g/mol. The molecule has 0 unspecified atom stereocenters. The average Bonchev–Trinajstić information content (AvgIpc) is 2.69. The first-order chi connectivity index (χ1) is 7.72. The van der Waals surface area contributed by atoms with Crippen molar-refractivity contribution < 1.29 is 5.11 Å². The van der Waals surface area contributed by atoms with Crippen molar-refractivity contribution in [3.63, 3.8) is 0 Å². The van der Waals surface area contributed by atoms with E-state index in [2.05, 4.69) is 17.1 Å². The summed E-state index contributed by atoms with van der Waals surface area (Å²) >= 11 is 0. The van der Waals surface area contributed by atoms with E-state index < -0.39 is 0 Å². The Kier molecular flexibility index (Phi) is 2.66. The molecule has 0 aliphatic heterocycles. The second-order valence-electron chi connectivity index (χ2n) is 4.39. The van der Waals surface area contributed by atoms with E-state index in [-0.39, 0.29) is 11.2 Å². The number of benzene rings is 1. The van der Waals surface area contributed by atoms with Gasteiger partial charge in [-0.2, -0.15) is 0 Å². The lowest BCUT2D eigenvalue weighted by Crippen LogP contribution is -2.23. The van der Waals surface area contributed by atoms with Crippen LogP contribution >= 0.6 is 0 Å². The molecule has 16 heavy (non-hydrogen) atoms. The maximum absolute atomic E-state index is 9.98. The van der Waals surface area contributed by atoms with Crippen LogP contribution in [0.5, 0.6) is 0 Å². The minimum absolute atomic E-state index is 0.175. The van der Waals surface area contributed by atoms with E-state index in [1.54, 1.807) is 0 Å². The highest BCUT2D eigenvalue weighted by Gasteiger charge is 2.41. The highest BCUT2D eigenvalue weighted by atomic mass is 16.3. The third-order valence-electron chi connectivity index (χ3n) is 3.58. The van der Waals surface area contributed by atoms with Gasteiger partial charge in [0.1, 0.15) is 0 Å². The topological polar surface area (TPSA) is 48.4 Å². The SMILES string of the molecule is CCC1(/C(O)=C/[N+]#N)Cc2ccccc2C1. The Balaban J connectivity index is 2.37. The van der Waals surface area contributed by atoms with Crippen LogP contribution < -0.4 is 0 Å². The number of aliphatic hydroxyl groups is 1. The summed E-state index contributed by atoms with van der Waals surface area (Å²) in [5, 5.41) is 18.5. The summed E-state index contributed by atoms with van der Waals surface area (Å²) in [6, 6.07) is 8.22. The van der Waals surface area contributed by atoms with Crippen LogP contribution in [0.4, 0.5) is 0 Å². The molecule has 1 aliphatic rings. The lowest BCUT2D eigenvalue weighted by molar-refractivity contribution is 0.219. The minimum atomic E-state index is -0.282. The molecule has 0 saturated heterocycles. The van der Waals surface area contributed by atoms with Gasteiger partial charge in [-0.1, -0.05) is 31.2 Å². The largest absolute Gasteiger partial charge is 0.505 e. The molecule has 0 aromatic heterocycles. The maximum atomic E-state index is 9.98. The molecule has 1 aliphatic carbocycles. The molecule has 3 nitrogen and oxygen atoms in total. The van der Waals surface area contributed by atoms with Crippen LogP contribution in [0.2, 0.25) is 0 Å². The summed E-state index contributed by atoms with van der Waals surface area (Å²) in [7, 11) is 0. The Morgan fingerprint density at radius 3 is 2.44 bits per heavy atom. The molecule has 3 heteroatoms. The van der Waals surface area contributed by atoms with Gasteiger partial charge in [-0.25, -0.2) is 0 Å². The lowest BCUT2D eigenvalue weighted by Gasteiger charge is -2.23. The Labute approximate surface area is 95.0 Å². The van der Waals surface area contributed by atoms with E-state index in [9.17, 15) is 5.11 Å². The van der Waals surface area contributed by atoms with E-state index >= 15 is 0 Å². The van der Waals surface area contributed by atoms with Crippen LogP contribution in [0, 0.1) is 10.8 Å². The van der Waals surface area contributed by atoms with Crippen LogP contribution in [0.15, 0.2) is 36.2 Å². The van der Waals surface area contributed by atoms with Gasteiger partial charge >= 0.3 is 6.20 Å². The van der Waals surface area contributed by atoms with Crippen molar-refractivity contribution in [2.24, 2.45) is 5.41 Å². The summed E-state index contributed by atoms with van der Waals surface area (Å²) < 4.78 is 0. The van der Waals surface area contributed by atoms with Crippen molar-refractivity contribution >= 4 is 0 Å². The Morgan fingerprint density at radius 1 is 1.44 bits per heavy atom. The van der Waals surface area contributed by atoms with E-state index in [1.807, 2.05) is 19.1 Å². The van der Waals surface area contributed by atoms with E-state index in [0.717, 1.165) is 25.5 Å². The maximum Gasteiger partial charge on any atom is 0.387 e. The normalized spacial score (nSPS) is 17.9. The molecule has 1 N–H and O–H groups in total. The molecular formula is C13H15N2O+. The molecule has 82 valence electrons. The molecule has 1 aromatic carbocycles. The number of aliphatic hydroxyl groups excluding tert-OH is 1. The van der Waals surface area contributed by atoms with Gasteiger partial charge in [0.05, 0.1) is 0 Å². The lowest BCUT2D eigenvalue weighted by atomic mass is 9.80. The Hall–Kier alpha value is -1.82. The highest BCUT2D eigenvalue weighted by Crippen LogP contribution is 2.44. The Bertz CT molecular complexity index is 446. The molecule has 2 rings (SSSR count). The van der Waals surface area contributed by atoms with Crippen LogP contribution in [0.25, 0.3) is 4.98 Å². The first-order valence-corrected chi connectivity index (χ1v) is 5.52. The van der Waals surface area contributed by atoms with Crippen molar-refractivity contribution in [1.29, 1.82) is 5.39 Å². The van der Waals surface area contributed by atoms with Gasteiger partial charge in [0.2, 0.25) is 5.39 Å². The summed E-state index contributed by atoms with van der Waals surface area (Å²) in [5.74, 6) is 0.175. The van der Waals surface area contributed by atoms with Gasteiger partial charge in [0.15, 0.2) is 10.7 Å². The van der Waals surface area contributed by atoms with Crippen molar-refractivity contribution in [1.82, 2.24) is 0 Å². The second kappa shape index (κ2) is 3.97. The number of hydrogen-bond acceptors (Lipinski definition) is 2. The number of nitrogens with zero attached hydrogens (tertiary/aromatic N) is 2. The fraction of sp³-hybridized carbons (Fsp3) is 0.385. The number of rotatable bonds is 2. The molecule has 0 atom stereocenters. The third kappa shape index (κ3) is 1.57. The highest BCUT2D eigenvalue weighted by molar-refractivity contribution is 5.37. The zero-order valence-corrected chi connectivity index (χ0v) is 9.35. The summed E-state index contributed by atoms with van der Waals surface area (Å²) in [5.41, 5.74) is 2.28. The molecule has 0 amide bonds. The summed E-state index contributed by atoms with van der Waals surface area (Å²) in [6.07, 6.45) is 3.62. The van der Waals surface area contributed by atoms with Gasteiger partial charge < -0.3 is 5.11 Å².